The van der Waals surface area contributed by atoms with Crippen LogP contribution in [-0.4, -0.2) is 50.2 Å². The molecule has 0 fully saturated rings. The lowest BCUT2D eigenvalue weighted by atomic mass is 10.1. The molecular weight excluding hydrogens is 386 g/mol. The molecular formula is C22H31N3O3S. The van der Waals surface area contributed by atoms with Crippen LogP contribution in [0.15, 0.2) is 53.4 Å². The summed E-state index contributed by atoms with van der Waals surface area (Å²) in [6.07, 6.45) is 0. The number of rotatable bonds is 10. The molecule has 7 heteroatoms. The third-order valence-electron chi connectivity index (χ3n) is 4.74. The molecule has 29 heavy (non-hydrogen) atoms. The molecule has 0 heterocycles. The minimum Gasteiger partial charge on any atom is -0.351 e. The van der Waals surface area contributed by atoms with Crippen LogP contribution < -0.4 is 5.32 Å². The number of likely N-dealkylation sites (N-methyl/N-ethyl adjacent to an activating group) is 1. The van der Waals surface area contributed by atoms with Crippen molar-refractivity contribution in [1.29, 1.82) is 0 Å². The van der Waals surface area contributed by atoms with Gasteiger partial charge in [0.25, 0.3) is 0 Å². The molecule has 0 atom stereocenters. The van der Waals surface area contributed by atoms with Gasteiger partial charge in [0.15, 0.2) is 0 Å². The van der Waals surface area contributed by atoms with Crippen molar-refractivity contribution in [1.82, 2.24) is 14.5 Å². The topological polar surface area (TPSA) is 69.7 Å². The zero-order valence-corrected chi connectivity index (χ0v) is 18.5. The van der Waals surface area contributed by atoms with E-state index in [-0.39, 0.29) is 10.8 Å². The fraction of sp³-hybridized carbons (Fsp3) is 0.409. The van der Waals surface area contributed by atoms with E-state index < -0.39 is 10.0 Å². The van der Waals surface area contributed by atoms with E-state index in [9.17, 15) is 13.2 Å². The Kier molecular flexibility index (Phi) is 8.37. The predicted molar refractivity (Wildman–Crippen MR) is 116 cm³/mol. The van der Waals surface area contributed by atoms with Gasteiger partial charge in [-0.3, -0.25) is 9.69 Å². The van der Waals surface area contributed by atoms with Gasteiger partial charge < -0.3 is 5.32 Å². The van der Waals surface area contributed by atoms with Crippen LogP contribution >= 0.6 is 0 Å². The Balaban J connectivity index is 1.86. The van der Waals surface area contributed by atoms with Gasteiger partial charge >= 0.3 is 0 Å². The summed E-state index contributed by atoms with van der Waals surface area (Å²) in [6.45, 7) is 7.92. The molecule has 0 unspecified atom stereocenters. The minimum atomic E-state index is -3.46. The van der Waals surface area contributed by atoms with Gasteiger partial charge in [-0.2, -0.15) is 4.31 Å². The number of nitrogens with one attached hydrogen (secondary N) is 1. The molecule has 2 aromatic carbocycles. The Hall–Kier alpha value is -2.22. The van der Waals surface area contributed by atoms with E-state index in [1.54, 1.807) is 24.3 Å². The van der Waals surface area contributed by atoms with Gasteiger partial charge in [-0.1, -0.05) is 55.8 Å². The lowest BCUT2D eigenvalue weighted by Crippen LogP contribution is -2.34. The van der Waals surface area contributed by atoms with Crippen LogP contribution in [0.1, 0.15) is 30.5 Å². The van der Waals surface area contributed by atoms with Crippen molar-refractivity contribution < 1.29 is 13.2 Å². The quantitative estimate of drug-likeness (QED) is 0.645. The molecule has 0 saturated heterocycles. The average Bonchev–Trinajstić information content (AvgIpc) is 2.69. The minimum absolute atomic E-state index is 0.0700. The standard InChI is InChI=1S/C22H31N3O3S/c1-5-25(6-2)29(27,28)21-13-11-19(12-14-21)15-23-22(26)17-24(4)16-20-9-7-18(3)8-10-20/h7-14H,5-6,15-17H2,1-4H3,(H,23,26). The second-order valence-corrected chi connectivity index (χ2v) is 9.11. The van der Waals surface area contributed by atoms with E-state index in [2.05, 4.69) is 29.6 Å². The molecule has 0 aromatic heterocycles. The van der Waals surface area contributed by atoms with Crippen molar-refractivity contribution in [3.05, 3.63) is 65.2 Å². The van der Waals surface area contributed by atoms with Crippen LogP contribution in [-0.2, 0) is 27.9 Å². The van der Waals surface area contributed by atoms with Crippen LogP contribution in [0.4, 0.5) is 0 Å². The van der Waals surface area contributed by atoms with Gasteiger partial charge in [0.05, 0.1) is 11.4 Å². The lowest BCUT2D eigenvalue weighted by Gasteiger charge is -2.18. The van der Waals surface area contributed by atoms with Crippen LogP contribution in [0.5, 0.6) is 0 Å². The second-order valence-electron chi connectivity index (χ2n) is 7.17. The largest absolute Gasteiger partial charge is 0.351 e. The molecule has 0 aliphatic rings. The number of carbonyl (C=O) groups excluding carboxylic acids is 1. The predicted octanol–water partition coefficient (Wildman–Crippen LogP) is 2.77. The normalized spacial score (nSPS) is 11.8. The maximum Gasteiger partial charge on any atom is 0.243 e. The van der Waals surface area contributed by atoms with Crippen molar-refractivity contribution in [3.63, 3.8) is 0 Å². The number of carbonyl (C=O) groups is 1. The fourth-order valence-electron chi connectivity index (χ4n) is 3.05. The Morgan fingerprint density at radius 1 is 0.931 bits per heavy atom. The summed E-state index contributed by atoms with van der Waals surface area (Å²) >= 11 is 0. The van der Waals surface area contributed by atoms with Crippen LogP contribution in [0.2, 0.25) is 0 Å². The van der Waals surface area contributed by atoms with Crippen molar-refractivity contribution in [2.24, 2.45) is 0 Å². The molecule has 2 rings (SSSR count). The molecule has 2 aromatic rings. The van der Waals surface area contributed by atoms with Crippen molar-refractivity contribution in [3.8, 4) is 0 Å². The molecule has 0 saturated carbocycles. The highest BCUT2D eigenvalue weighted by Crippen LogP contribution is 2.16. The number of aryl methyl sites for hydroxylation is 1. The second kappa shape index (κ2) is 10.5. The Labute approximate surface area is 174 Å². The molecule has 0 spiro atoms. The number of nitrogens with zero attached hydrogens (tertiary/aromatic N) is 2. The third-order valence-corrected chi connectivity index (χ3v) is 6.81. The van der Waals surface area contributed by atoms with Crippen LogP contribution in [0.25, 0.3) is 0 Å². The molecule has 0 radical (unpaired) electrons. The average molecular weight is 418 g/mol. The SMILES string of the molecule is CCN(CC)S(=O)(=O)c1ccc(CNC(=O)CN(C)Cc2ccc(C)cc2)cc1. The number of sulfonamides is 1. The van der Waals surface area contributed by atoms with E-state index in [0.29, 0.717) is 32.7 Å². The summed E-state index contributed by atoms with van der Waals surface area (Å²) in [6, 6.07) is 14.9. The monoisotopic (exact) mass is 417 g/mol. The highest BCUT2D eigenvalue weighted by Gasteiger charge is 2.21. The first kappa shape index (κ1) is 23.1. The summed E-state index contributed by atoms with van der Waals surface area (Å²) in [5.74, 6) is -0.0700. The van der Waals surface area contributed by atoms with E-state index in [1.165, 1.54) is 9.87 Å². The summed E-state index contributed by atoms with van der Waals surface area (Å²) in [5.41, 5.74) is 3.24. The Morgan fingerprint density at radius 2 is 1.48 bits per heavy atom. The van der Waals surface area contributed by atoms with Crippen molar-refractivity contribution >= 4 is 15.9 Å². The third kappa shape index (κ3) is 6.66. The number of hydrogen-bond donors (Lipinski definition) is 1. The fourth-order valence-corrected chi connectivity index (χ4v) is 4.51. The number of benzene rings is 2. The molecule has 1 N–H and O–H groups in total. The van der Waals surface area contributed by atoms with E-state index in [4.69, 9.17) is 0 Å². The van der Waals surface area contributed by atoms with E-state index >= 15 is 0 Å². The van der Waals surface area contributed by atoms with Crippen LogP contribution in [0, 0.1) is 6.92 Å². The Bertz CT molecular complexity index is 890. The summed E-state index contributed by atoms with van der Waals surface area (Å²) in [7, 11) is -1.55. The maximum atomic E-state index is 12.5. The van der Waals surface area contributed by atoms with Gasteiger partial charge in [0, 0.05) is 26.2 Å². The van der Waals surface area contributed by atoms with Gasteiger partial charge in [-0.25, -0.2) is 8.42 Å². The Morgan fingerprint density at radius 3 is 2.03 bits per heavy atom. The lowest BCUT2D eigenvalue weighted by molar-refractivity contribution is -0.122. The number of amides is 1. The molecule has 0 aliphatic heterocycles. The highest BCUT2D eigenvalue weighted by atomic mass is 32.2. The van der Waals surface area contributed by atoms with Gasteiger partial charge in [0.1, 0.15) is 0 Å². The van der Waals surface area contributed by atoms with Gasteiger partial charge in [0.2, 0.25) is 15.9 Å². The van der Waals surface area contributed by atoms with E-state index in [1.807, 2.05) is 32.7 Å². The van der Waals surface area contributed by atoms with Gasteiger partial charge in [-0.05, 0) is 37.2 Å². The first-order chi connectivity index (χ1) is 13.8. The van der Waals surface area contributed by atoms with Crippen LogP contribution in [0.3, 0.4) is 0 Å². The first-order valence-corrected chi connectivity index (χ1v) is 11.3. The van der Waals surface area contributed by atoms with E-state index in [0.717, 1.165) is 11.1 Å². The van der Waals surface area contributed by atoms with Crippen molar-refractivity contribution in [2.45, 2.75) is 38.8 Å². The highest BCUT2D eigenvalue weighted by molar-refractivity contribution is 7.89. The molecule has 0 bridgehead atoms. The molecule has 1 amide bonds. The maximum absolute atomic E-state index is 12.5. The summed E-state index contributed by atoms with van der Waals surface area (Å²) in [4.78, 5) is 14.4. The zero-order valence-electron chi connectivity index (χ0n) is 17.7. The molecule has 6 nitrogen and oxygen atoms in total. The summed E-state index contributed by atoms with van der Waals surface area (Å²) < 4.78 is 26.4. The first-order valence-electron chi connectivity index (χ1n) is 9.86. The van der Waals surface area contributed by atoms with Gasteiger partial charge in [-0.15, -0.1) is 0 Å². The van der Waals surface area contributed by atoms with Crippen molar-refractivity contribution in [2.75, 3.05) is 26.7 Å². The molecule has 0 aliphatic carbocycles. The molecule has 158 valence electrons. The number of hydrogen-bond acceptors (Lipinski definition) is 4. The summed E-state index contributed by atoms with van der Waals surface area (Å²) in [5, 5.41) is 2.89. The zero-order chi connectivity index (χ0) is 21.4. The smallest absolute Gasteiger partial charge is 0.243 e.